The van der Waals surface area contributed by atoms with E-state index < -0.39 is 0 Å². The highest BCUT2D eigenvalue weighted by Gasteiger charge is 2.05. The summed E-state index contributed by atoms with van der Waals surface area (Å²) in [6.45, 7) is 0.135. The highest BCUT2D eigenvalue weighted by Crippen LogP contribution is 2.20. The summed E-state index contributed by atoms with van der Waals surface area (Å²) in [5.41, 5.74) is 2.87. The van der Waals surface area contributed by atoms with Gasteiger partial charge in [-0.25, -0.2) is 0 Å². The summed E-state index contributed by atoms with van der Waals surface area (Å²) in [4.78, 5) is 16.4. The smallest absolute Gasteiger partial charge is 0.243 e. The molecule has 0 saturated heterocycles. The number of carbonyl (C=O) groups excluding carboxylic acids is 1. The number of hydrogen-bond donors (Lipinski definition) is 2. The summed E-state index contributed by atoms with van der Waals surface area (Å²) < 4.78 is 0. The number of fused-ring (bicyclic) bond motifs is 1. The Morgan fingerprint density at radius 2 is 1.87 bits per heavy atom. The second-order valence-electron chi connectivity index (χ2n) is 4.97. The molecule has 5 nitrogen and oxygen atoms in total. The second kappa shape index (κ2) is 6.58. The maximum Gasteiger partial charge on any atom is 0.243 e. The van der Waals surface area contributed by atoms with Gasteiger partial charge in [0.25, 0.3) is 0 Å². The molecule has 1 aromatic heterocycles. The number of aromatic nitrogens is 1. The van der Waals surface area contributed by atoms with E-state index in [-0.39, 0.29) is 12.5 Å². The first-order chi connectivity index (χ1) is 11.3. The Balaban J connectivity index is 1.65. The number of hydrogen-bond acceptors (Lipinski definition) is 4. The van der Waals surface area contributed by atoms with E-state index in [1.165, 1.54) is 0 Å². The van der Waals surface area contributed by atoms with Crippen LogP contribution in [-0.4, -0.2) is 17.4 Å². The number of amides is 1. The van der Waals surface area contributed by atoms with Gasteiger partial charge in [-0.05, 0) is 36.4 Å². The summed E-state index contributed by atoms with van der Waals surface area (Å²) in [5.74, 6) is -0.164. The summed E-state index contributed by atoms with van der Waals surface area (Å²) in [7, 11) is 0. The van der Waals surface area contributed by atoms with Crippen LogP contribution < -0.4 is 10.6 Å². The van der Waals surface area contributed by atoms with Gasteiger partial charge >= 0.3 is 0 Å². The van der Waals surface area contributed by atoms with Crippen LogP contribution in [0.25, 0.3) is 10.9 Å². The molecule has 1 heterocycles. The zero-order chi connectivity index (χ0) is 16.1. The Kier molecular flexibility index (Phi) is 4.16. The molecule has 2 aromatic carbocycles. The van der Waals surface area contributed by atoms with Crippen LogP contribution >= 0.6 is 0 Å². The molecule has 2 N–H and O–H groups in total. The van der Waals surface area contributed by atoms with E-state index in [1.54, 1.807) is 30.5 Å². The van der Waals surface area contributed by atoms with Gasteiger partial charge in [0.1, 0.15) is 0 Å². The molecule has 0 bridgehead atoms. The predicted molar refractivity (Wildman–Crippen MR) is 90.0 cm³/mol. The Bertz CT molecular complexity index is 876. The Labute approximate surface area is 133 Å². The predicted octanol–water partition coefficient (Wildman–Crippen LogP) is 3.16. The van der Waals surface area contributed by atoms with Crippen molar-refractivity contribution in [2.75, 3.05) is 17.2 Å². The lowest BCUT2D eigenvalue weighted by Crippen LogP contribution is -2.21. The van der Waals surface area contributed by atoms with Crippen molar-refractivity contribution in [3.8, 4) is 6.07 Å². The van der Waals surface area contributed by atoms with Crippen molar-refractivity contribution < 1.29 is 4.79 Å². The Morgan fingerprint density at radius 3 is 2.65 bits per heavy atom. The molecule has 112 valence electrons. The van der Waals surface area contributed by atoms with Crippen LogP contribution in [0.2, 0.25) is 0 Å². The molecular weight excluding hydrogens is 288 g/mol. The number of pyridine rings is 1. The number of nitriles is 1. The van der Waals surface area contributed by atoms with Crippen molar-refractivity contribution in [2.24, 2.45) is 0 Å². The largest absolute Gasteiger partial charge is 0.374 e. The third-order valence-corrected chi connectivity index (χ3v) is 3.37. The van der Waals surface area contributed by atoms with Gasteiger partial charge in [0.15, 0.2) is 0 Å². The Hall–Kier alpha value is -3.39. The highest BCUT2D eigenvalue weighted by atomic mass is 16.1. The van der Waals surface area contributed by atoms with Crippen LogP contribution in [0, 0.1) is 11.3 Å². The third kappa shape index (κ3) is 3.44. The molecule has 0 aliphatic heterocycles. The number of nitrogens with zero attached hydrogens (tertiary/aromatic N) is 2. The van der Waals surface area contributed by atoms with E-state index in [0.717, 1.165) is 16.6 Å². The molecule has 5 heteroatoms. The van der Waals surface area contributed by atoms with Gasteiger partial charge in [0, 0.05) is 17.3 Å². The minimum atomic E-state index is -0.164. The fourth-order valence-corrected chi connectivity index (χ4v) is 2.26. The van der Waals surface area contributed by atoms with E-state index in [4.69, 9.17) is 5.26 Å². The van der Waals surface area contributed by atoms with Gasteiger partial charge < -0.3 is 10.6 Å². The van der Waals surface area contributed by atoms with Crippen molar-refractivity contribution in [1.29, 1.82) is 5.26 Å². The maximum absolute atomic E-state index is 12.0. The zero-order valence-electron chi connectivity index (χ0n) is 12.3. The van der Waals surface area contributed by atoms with Gasteiger partial charge in [-0.3, -0.25) is 9.78 Å². The SMILES string of the molecule is N#Cc1ccc(NC(=O)CNc2cccc3cccnc23)cc1. The van der Waals surface area contributed by atoms with E-state index in [1.807, 2.05) is 36.4 Å². The molecule has 3 aromatic rings. The van der Waals surface area contributed by atoms with E-state index >= 15 is 0 Å². The molecule has 0 atom stereocenters. The van der Waals surface area contributed by atoms with Crippen LogP contribution in [0.4, 0.5) is 11.4 Å². The van der Waals surface area contributed by atoms with Crippen molar-refractivity contribution in [3.63, 3.8) is 0 Å². The van der Waals surface area contributed by atoms with Gasteiger partial charge in [-0.2, -0.15) is 5.26 Å². The number of carbonyl (C=O) groups is 1. The maximum atomic E-state index is 12.0. The summed E-state index contributed by atoms with van der Waals surface area (Å²) in [6.07, 6.45) is 1.73. The molecule has 0 unspecified atom stereocenters. The molecular formula is C18H14N4O. The lowest BCUT2D eigenvalue weighted by Gasteiger charge is -2.09. The second-order valence-corrected chi connectivity index (χ2v) is 4.97. The van der Waals surface area contributed by atoms with Crippen molar-refractivity contribution in [3.05, 3.63) is 66.4 Å². The molecule has 0 saturated carbocycles. The third-order valence-electron chi connectivity index (χ3n) is 3.37. The first-order valence-corrected chi connectivity index (χ1v) is 7.14. The Morgan fingerprint density at radius 1 is 1.09 bits per heavy atom. The van der Waals surface area contributed by atoms with Crippen molar-refractivity contribution in [1.82, 2.24) is 4.98 Å². The fraction of sp³-hybridized carbons (Fsp3) is 0.0556. The molecule has 0 spiro atoms. The highest BCUT2D eigenvalue weighted by molar-refractivity contribution is 5.96. The standard InChI is InChI=1S/C18H14N4O/c19-11-13-6-8-15(9-7-13)22-17(23)12-21-16-5-1-3-14-4-2-10-20-18(14)16/h1-10,21H,12H2,(H,22,23). The number of benzene rings is 2. The summed E-state index contributed by atoms with van der Waals surface area (Å²) in [5, 5.41) is 15.7. The normalized spacial score (nSPS) is 10.0. The molecule has 0 aliphatic rings. The van der Waals surface area contributed by atoms with Gasteiger partial charge in [0.05, 0.1) is 29.4 Å². The zero-order valence-corrected chi connectivity index (χ0v) is 12.3. The van der Waals surface area contributed by atoms with Gasteiger partial charge in [-0.15, -0.1) is 0 Å². The van der Waals surface area contributed by atoms with Crippen LogP contribution in [0.3, 0.4) is 0 Å². The molecule has 0 radical (unpaired) electrons. The average molecular weight is 302 g/mol. The van der Waals surface area contributed by atoms with E-state index in [9.17, 15) is 4.79 Å². The number of para-hydroxylation sites is 1. The number of anilines is 2. The van der Waals surface area contributed by atoms with E-state index in [0.29, 0.717) is 11.3 Å². The number of rotatable bonds is 4. The molecule has 23 heavy (non-hydrogen) atoms. The van der Waals surface area contributed by atoms with Crippen molar-refractivity contribution in [2.45, 2.75) is 0 Å². The summed E-state index contributed by atoms with van der Waals surface area (Å²) in [6, 6.07) is 18.4. The summed E-state index contributed by atoms with van der Waals surface area (Å²) >= 11 is 0. The topological polar surface area (TPSA) is 77.8 Å². The molecule has 0 fully saturated rings. The van der Waals surface area contributed by atoms with Gasteiger partial charge in [-0.1, -0.05) is 18.2 Å². The van der Waals surface area contributed by atoms with Crippen LogP contribution in [0.1, 0.15) is 5.56 Å². The molecule has 1 amide bonds. The van der Waals surface area contributed by atoms with Crippen LogP contribution in [0.15, 0.2) is 60.8 Å². The first-order valence-electron chi connectivity index (χ1n) is 7.14. The minimum absolute atomic E-state index is 0.135. The van der Waals surface area contributed by atoms with E-state index in [2.05, 4.69) is 15.6 Å². The minimum Gasteiger partial charge on any atom is -0.374 e. The first kappa shape index (κ1) is 14.5. The number of nitrogens with one attached hydrogen (secondary N) is 2. The quantitative estimate of drug-likeness (QED) is 0.776. The van der Waals surface area contributed by atoms with Gasteiger partial charge in [0.2, 0.25) is 5.91 Å². The monoisotopic (exact) mass is 302 g/mol. The molecule has 3 rings (SSSR count). The van der Waals surface area contributed by atoms with Crippen molar-refractivity contribution >= 4 is 28.2 Å². The lowest BCUT2D eigenvalue weighted by atomic mass is 10.2. The average Bonchev–Trinajstić information content (AvgIpc) is 2.60. The van der Waals surface area contributed by atoms with Crippen LogP contribution in [0.5, 0.6) is 0 Å². The fourth-order valence-electron chi connectivity index (χ4n) is 2.26. The lowest BCUT2D eigenvalue weighted by molar-refractivity contribution is -0.114. The van der Waals surface area contributed by atoms with Crippen LogP contribution in [-0.2, 0) is 4.79 Å². The molecule has 0 aliphatic carbocycles.